The first-order valence-corrected chi connectivity index (χ1v) is 11.9. The summed E-state index contributed by atoms with van der Waals surface area (Å²) >= 11 is 0. The van der Waals surface area contributed by atoms with E-state index in [0.717, 1.165) is 25.7 Å². The highest BCUT2D eigenvalue weighted by Crippen LogP contribution is 2.45. The molecule has 1 unspecified atom stereocenters. The lowest BCUT2D eigenvalue weighted by atomic mass is 10.1. The van der Waals surface area contributed by atoms with Crippen LogP contribution in [0.2, 0.25) is 0 Å². The summed E-state index contributed by atoms with van der Waals surface area (Å²) in [5, 5.41) is 0. The summed E-state index contributed by atoms with van der Waals surface area (Å²) < 4.78 is 14.3. The first-order valence-electron chi connectivity index (χ1n) is 10.8. The third-order valence-corrected chi connectivity index (χ3v) is 6.47. The lowest BCUT2D eigenvalue weighted by Gasteiger charge is -2.35. The van der Waals surface area contributed by atoms with Gasteiger partial charge in [-0.1, -0.05) is 34.9 Å². The summed E-state index contributed by atoms with van der Waals surface area (Å²) in [7, 11) is -1.15. The molecular weight excluding hydrogens is 379 g/mol. The smallest absolute Gasteiger partial charge is 0.259 e. The van der Waals surface area contributed by atoms with Crippen LogP contribution in [0.15, 0.2) is 34.9 Å². The Kier molecular flexibility index (Phi) is 16.2. The van der Waals surface area contributed by atoms with E-state index >= 15 is 0 Å². The maximum Gasteiger partial charge on any atom is 0.259 e. The van der Waals surface area contributed by atoms with Gasteiger partial charge in [0, 0.05) is 12.1 Å². The van der Waals surface area contributed by atoms with Gasteiger partial charge >= 0.3 is 0 Å². The van der Waals surface area contributed by atoms with Crippen molar-refractivity contribution in [1.82, 2.24) is 4.67 Å². The van der Waals surface area contributed by atoms with Crippen molar-refractivity contribution in [2.24, 2.45) is 0 Å². The van der Waals surface area contributed by atoms with Crippen molar-refractivity contribution in [3.63, 3.8) is 0 Å². The minimum Gasteiger partial charge on any atom is -0.318 e. The largest absolute Gasteiger partial charge is 0.318 e. The minimum absolute atomic E-state index is 0.332. The molecule has 5 heteroatoms. The predicted octanol–water partition coefficient (Wildman–Crippen LogP) is 7.70. The molecule has 0 heterocycles. The van der Waals surface area contributed by atoms with Crippen LogP contribution in [0.5, 0.6) is 0 Å². The molecule has 0 radical (unpaired) electrons. The molecule has 0 bridgehead atoms. The summed E-state index contributed by atoms with van der Waals surface area (Å²) in [6.07, 6.45) is 11.2. The fourth-order valence-electron chi connectivity index (χ4n) is 2.89. The summed E-state index contributed by atoms with van der Waals surface area (Å²) in [5.41, 5.74) is 4.20. The Balaban J connectivity index is 4.58. The Labute approximate surface area is 181 Å². The minimum atomic E-state index is -1.15. The van der Waals surface area contributed by atoms with Crippen LogP contribution in [0.3, 0.4) is 0 Å². The lowest BCUT2D eigenvalue weighted by molar-refractivity contribution is 0.189. The van der Waals surface area contributed by atoms with Crippen LogP contribution < -0.4 is 0 Å². The van der Waals surface area contributed by atoms with Gasteiger partial charge in [-0.05, 0) is 81.1 Å². The van der Waals surface area contributed by atoms with E-state index in [-0.39, 0.29) is 0 Å². The molecule has 0 aliphatic carbocycles. The second-order valence-electron chi connectivity index (χ2n) is 8.28. The topological polar surface area (TPSA) is 26.1 Å². The molecule has 0 saturated carbocycles. The predicted molar refractivity (Wildman–Crippen MR) is 128 cm³/mol. The van der Waals surface area contributed by atoms with Crippen molar-refractivity contribution in [2.45, 2.75) is 93.2 Å². The molecule has 0 rings (SSSR count). The van der Waals surface area contributed by atoms with Gasteiger partial charge in [-0.2, -0.15) is 0 Å². The average molecular weight is 423 g/mol. The van der Waals surface area contributed by atoms with Crippen molar-refractivity contribution < 1.29 is 9.05 Å². The zero-order valence-electron chi connectivity index (χ0n) is 20.0. The van der Waals surface area contributed by atoms with Crippen LogP contribution in [0, 0.1) is 6.57 Å². The molecule has 0 spiro atoms. The van der Waals surface area contributed by atoms with E-state index in [1.165, 1.54) is 16.7 Å². The monoisotopic (exact) mass is 422 g/mol. The highest BCUT2D eigenvalue weighted by molar-refractivity contribution is 7.44. The molecule has 29 heavy (non-hydrogen) atoms. The van der Waals surface area contributed by atoms with Gasteiger partial charge in [0.2, 0.25) is 6.54 Å². The Morgan fingerprint density at radius 2 is 1.45 bits per heavy atom. The molecule has 0 saturated heterocycles. The highest BCUT2D eigenvalue weighted by Gasteiger charge is 2.27. The molecule has 4 nitrogen and oxygen atoms in total. The summed E-state index contributed by atoms with van der Waals surface area (Å²) in [6, 6.07) is 0.664. The van der Waals surface area contributed by atoms with E-state index in [0.29, 0.717) is 31.8 Å². The number of allylic oxidation sites excluding steroid dienone is 5. The SMILES string of the molecule is [C-]#[N+]CCOP(OC/C=C(\C)CC/C=C(\C)CCC=C(C)C)N(C(C)C)C(C)C. The van der Waals surface area contributed by atoms with Gasteiger partial charge in [0.15, 0.2) is 0 Å². The van der Waals surface area contributed by atoms with Crippen LogP contribution in [-0.4, -0.2) is 36.5 Å². The van der Waals surface area contributed by atoms with Crippen LogP contribution in [0.4, 0.5) is 0 Å². The summed E-state index contributed by atoms with van der Waals surface area (Å²) in [5.74, 6) is 0. The second kappa shape index (κ2) is 16.8. The van der Waals surface area contributed by atoms with E-state index < -0.39 is 8.53 Å². The number of nitrogens with zero attached hydrogens (tertiary/aromatic N) is 2. The van der Waals surface area contributed by atoms with Gasteiger partial charge in [-0.25, -0.2) is 11.2 Å². The first-order chi connectivity index (χ1) is 13.7. The van der Waals surface area contributed by atoms with E-state index in [1.54, 1.807) is 0 Å². The van der Waals surface area contributed by atoms with Gasteiger partial charge in [0.05, 0.1) is 6.61 Å². The summed E-state index contributed by atoms with van der Waals surface area (Å²) in [4.78, 5) is 3.38. The van der Waals surface area contributed by atoms with Gasteiger partial charge in [0.1, 0.15) is 6.61 Å². The molecule has 0 aromatic heterocycles. The van der Waals surface area contributed by atoms with E-state index in [4.69, 9.17) is 15.6 Å². The van der Waals surface area contributed by atoms with Gasteiger partial charge in [-0.3, -0.25) is 0 Å². The number of hydrogen-bond acceptors (Lipinski definition) is 3. The van der Waals surface area contributed by atoms with Crippen molar-refractivity contribution >= 4 is 8.53 Å². The third kappa shape index (κ3) is 14.6. The number of rotatable bonds is 15. The second-order valence-corrected chi connectivity index (χ2v) is 9.73. The maximum atomic E-state index is 6.95. The van der Waals surface area contributed by atoms with Crippen molar-refractivity contribution in [3.05, 3.63) is 46.4 Å². The fourth-order valence-corrected chi connectivity index (χ4v) is 4.43. The van der Waals surface area contributed by atoms with Crippen LogP contribution in [0.25, 0.3) is 4.85 Å². The Morgan fingerprint density at radius 1 is 0.897 bits per heavy atom. The zero-order valence-corrected chi connectivity index (χ0v) is 20.9. The molecule has 0 amide bonds. The van der Waals surface area contributed by atoms with Crippen LogP contribution >= 0.6 is 8.53 Å². The number of hydrogen-bond donors (Lipinski definition) is 0. The van der Waals surface area contributed by atoms with E-state index in [1.807, 2.05) is 0 Å². The van der Waals surface area contributed by atoms with Crippen molar-refractivity contribution in [2.75, 3.05) is 19.8 Å². The molecule has 0 aliphatic rings. The van der Waals surface area contributed by atoms with E-state index in [9.17, 15) is 0 Å². The maximum absolute atomic E-state index is 6.95. The van der Waals surface area contributed by atoms with Gasteiger partial charge in [-0.15, -0.1) is 0 Å². The third-order valence-electron chi connectivity index (χ3n) is 4.39. The highest BCUT2D eigenvalue weighted by atomic mass is 31.2. The molecule has 166 valence electrons. The molecule has 0 aliphatic heterocycles. The van der Waals surface area contributed by atoms with Gasteiger partial charge in [0.25, 0.3) is 8.53 Å². The van der Waals surface area contributed by atoms with Crippen LogP contribution in [0.1, 0.15) is 81.1 Å². The Hall–Kier alpha value is -0.980. The normalized spacial score (nSPS) is 13.9. The molecule has 0 aromatic carbocycles. The van der Waals surface area contributed by atoms with Crippen LogP contribution in [-0.2, 0) is 9.05 Å². The molecule has 1 atom stereocenters. The Bertz CT molecular complexity index is 562. The molecule has 0 aromatic rings. The lowest BCUT2D eigenvalue weighted by Crippen LogP contribution is -2.33. The van der Waals surface area contributed by atoms with Crippen molar-refractivity contribution in [3.8, 4) is 0 Å². The zero-order chi connectivity index (χ0) is 22.2. The quantitative estimate of drug-likeness (QED) is 0.117. The Morgan fingerprint density at radius 3 is 1.97 bits per heavy atom. The fraction of sp³-hybridized carbons (Fsp3) is 0.708. The van der Waals surface area contributed by atoms with E-state index in [2.05, 4.69) is 83.1 Å². The average Bonchev–Trinajstić information content (AvgIpc) is 2.60. The molecule has 0 N–H and O–H groups in total. The standard InChI is InChI=1S/C24H43N2O2P/c1-20(2)12-10-13-23(7)14-11-15-24(8)16-18-27-29(28-19-17-25-9)26(21(3)4)22(5)6/h12,14,16,21-22H,10-11,13,15,17-19H2,1-8H3/b23-14+,24-16+. The summed E-state index contributed by atoms with van der Waals surface area (Å²) in [6.45, 7) is 25.6. The first kappa shape index (κ1) is 28.0. The molecular formula is C24H43N2O2P. The van der Waals surface area contributed by atoms with Crippen molar-refractivity contribution in [1.29, 1.82) is 0 Å². The van der Waals surface area contributed by atoms with Gasteiger partial charge < -0.3 is 13.9 Å². The molecule has 0 fully saturated rings.